The normalized spacial score (nSPS) is 12.6. The van der Waals surface area contributed by atoms with E-state index in [0.29, 0.717) is 24.9 Å². The molecular formula is C26H49N3O3. The number of aromatic nitrogens is 2. The molecule has 0 aromatic carbocycles. The summed E-state index contributed by atoms with van der Waals surface area (Å²) in [5, 5.41) is 11.0. The monoisotopic (exact) mass is 451 g/mol. The molecule has 0 radical (unpaired) electrons. The predicted molar refractivity (Wildman–Crippen MR) is 129 cm³/mol. The molecule has 32 heavy (non-hydrogen) atoms. The van der Waals surface area contributed by atoms with Gasteiger partial charge in [0.2, 0.25) is 6.33 Å². The maximum absolute atomic E-state index is 12.0. The van der Waals surface area contributed by atoms with Gasteiger partial charge in [0.25, 0.3) is 5.91 Å². The highest BCUT2D eigenvalue weighted by atomic mass is 16.4. The average molecular weight is 452 g/mol. The summed E-state index contributed by atoms with van der Waals surface area (Å²) < 4.78 is 4.28. The SMILES string of the molecule is CCCCC(CC)CN(CC(CC)CCCC)C(=O)C(=O)[O-].CCCC[n+]1ccn(C)c1. The van der Waals surface area contributed by atoms with Crippen molar-refractivity contribution >= 4 is 11.9 Å². The van der Waals surface area contributed by atoms with Crippen molar-refractivity contribution < 1.29 is 19.3 Å². The average Bonchev–Trinajstić information content (AvgIpc) is 3.21. The van der Waals surface area contributed by atoms with Crippen molar-refractivity contribution in [1.29, 1.82) is 0 Å². The third-order valence-corrected chi connectivity index (χ3v) is 6.10. The van der Waals surface area contributed by atoms with E-state index in [0.717, 1.165) is 57.9 Å². The molecule has 1 heterocycles. The fraction of sp³-hybridized carbons (Fsp3) is 0.808. The summed E-state index contributed by atoms with van der Waals surface area (Å²) in [6.07, 6.45) is 17.4. The van der Waals surface area contributed by atoms with Crippen molar-refractivity contribution in [1.82, 2.24) is 9.47 Å². The van der Waals surface area contributed by atoms with E-state index in [-0.39, 0.29) is 0 Å². The Hall–Kier alpha value is -1.85. The van der Waals surface area contributed by atoms with Gasteiger partial charge >= 0.3 is 0 Å². The zero-order valence-electron chi connectivity index (χ0n) is 21.6. The third-order valence-electron chi connectivity index (χ3n) is 6.10. The smallest absolute Gasteiger partial charge is 0.269 e. The number of imidazole rings is 1. The van der Waals surface area contributed by atoms with Crippen LogP contribution < -0.4 is 9.67 Å². The fourth-order valence-electron chi connectivity index (χ4n) is 3.80. The van der Waals surface area contributed by atoms with Crippen molar-refractivity contribution in [3.63, 3.8) is 0 Å². The Kier molecular flexibility index (Phi) is 17.6. The van der Waals surface area contributed by atoms with Crippen LogP contribution in [0.1, 0.15) is 98.8 Å². The van der Waals surface area contributed by atoms with Crippen LogP contribution >= 0.6 is 0 Å². The molecule has 1 aromatic rings. The van der Waals surface area contributed by atoms with Gasteiger partial charge in [0.15, 0.2) is 0 Å². The van der Waals surface area contributed by atoms with Crippen LogP contribution in [0, 0.1) is 11.8 Å². The summed E-state index contributed by atoms with van der Waals surface area (Å²) in [6, 6.07) is 0. The fourth-order valence-corrected chi connectivity index (χ4v) is 3.80. The number of carboxylic acids is 1. The van der Waals surface area contributed by atoms with Gasteiger partial charge < -0.3 is 14.8 Å². The number of rotatable bonds is 15. The number of hydrogen-bond donors (Lipinski definition) is 0. The molecule has 1 aromatic heterocycles. The maximum Gasteiger partial charge on any atom is 0.269 e. The minimum Gasteiger partial charge on any atom is -0.540 e. The van der Waals surface area contributed by atoms with Crippen LogP contribution in [0.5, 0.6) is 0 Å². The lowest BCUT2D eigenvalue weighted by molar-refractivity contribution is -0.696. The minimum absolute atomic E-state index is 0.381. The van der Waals surface area contributed by atoms with Crippen molar-refractivity contribution in [2.45, 2.75) is 105 Å². The molecule has 0 saturated carbocycles. The first-order valence-corrected chi connectivity index (χ1v) is 12.8. The van der Waals surface area contributed by atoms with Gasteiger partial charge in [0.1, 0.15) is 18.4 Å². The summed E-state index contributed by atoms with van der Waals surface area (Å²) in [4.78, 5) is 24.5. The summed E-state index contributed by atoms with van der Waals surface area (Å²) in [7, 11) is 2.04. The van der Waals surface area contributed by atoms with Crippen LogP contribution in [-0.4, -0.2) is 34.4 Å². The molecule has 2 atom stereocenters. The number of nitrogens with zero attached hydrogens (tertiary/aromatic N) is 3. The molecule has 0 saturated heterocycles. The van der Waals surface area contributed by atoms with Gasteiger partial charge in [-0.3, -0.25) is 4.79 Å². The standard InChI is InChI=1S/C18H35NO3.C8H15N2/c1-5-9-11-15(7-3)13-19(17(20)18(21)22)14-16(8-4)12-10-6-2;1-3-4-5-10-7-6-9(2)8-10/h15-16H,5-14H2,1-4H3,(H,21,22);6-8H,3-5H2,1-2H3/q;+1/p-1. The zero-order chi connectivity index (χ0) is 24.4. The Morgan fingerprint density at radius 3 is 1.75 bits per heavy atom. The topological polar surface area (TPSA) is 69.2 Å². The molecule has 6 nitrogen and oxygen atoms in total. The van der Waals surface area contributed by atoms with E-state index in [9.17, 15) is 14.7 Å². The van der Waals surface area contributed by atoms with E-state index in [1.165, 1.54) is 17.7 Å². The van der Waals surface area contributed by atoms with Gasteiger partial charge in [-0.2, -0.15) is 0 Å². The van der Waals surface area contributed by atoms with Crippen LogP contribution in [0.15, 0.2) is 18.7 Å². The minimum atomic E-state index is -1.57. The Bertz CT molecular complexity index is 597. The first-order valence-electron chi connectivity index (χ1n) is 12.8. The predicted octanol–water partition coefficient (Wildman–Crippen LogP) is 4.11. The third kappa shape index (κ3) is 13.5. The molecule has 6 heteroatoms. The van der Waals surface area contributed by atoms with E-state index in [1.54, 1.807) is 0 Å². The highest BCUT2D eigenvalue weighted by molar-refractivity contribution is 6.30. The molecule has 2 unspecified atom stereocenters. The second-order valence-electron chi connectivity index (χ2n) is 9.00. The number of carboxylic acid groups (broad SMARTS) is 1. The van der Waals surface area contributed by atoms with Crippen molar-refractivity contribution in [2.75, 3.05) is 13.1 Å². The molecule has 0 spiro atoms. The molecule has 0 aliphatic carbocycles. The molecular weight excluding hydrogens is 402 g/mol. The Labute approximate surface area is 197 Å². The van der Waals surface area contributed by atoms with Crippen LogP contribution in [0.4, 0.5) is 0 Å². The van der Waals surface area contributed by atoms with Crippen LogP contribution in [0.3, 0.4) is 0 Å². The largest absolute Gasteiger partial charge is 0.540 e. The zero-order valence-corrected chi connectivity index (χ0v) is 21.6. The van der Waals surface area contributed by atoms with Crippen LogP contribution in [0.25, 0.3) is 0 Å². The Morgan fingerprint density at radius 1 is 0.906 bits per heavy atom. The second-order valence-corrected chi connectivity index (χ2v) is 9.00. The number of hydrogen-bond acceptors (Lipinski definition) is 3. The van der Waals surface area contributed by atoms with Gasteiger partial charge in [-0.1, -0.05) is 79.6 Å². The molecule has 0 N–H and O–H groups in total. The summed E-state index contributed by atoms with van der Waals surface area (Å²) in [6.45, 7) is 13.0. The van der Waals surface area contributed by atoms with Gasteiger partial charge in [0, 0.05) is 13.1 Å². The maximum atomic E-state index is 12.0. The first kappa shape index (κ1) is 30.1. The van der Waals surface area contributed by atoms with Gasteiger partial charge in [-0.25, -0.2) is 9.13 Å². The number of unbranched alkanes of at least 4 members (excludes halogenated alkanes) is 3. The van der Waals surface area contributed by atoms with E-state index in [1.807, 2.05) is 7.05 Å². The number of aryl methyl sites for hydroxylation is 2. The molecule has 1 amide bonds. The van der Waals surface area contributed by atoms with Crippen LogP contribution in [0.2, 0.25) is 0 Å². The first-order chi connectivity index (χ1) is 15.3. The number of amides is 1. The number of aliphatic carboxylic acids is 1. The lowest BCUT2D eigenvalue weighted by atomic mass is 9.95. The van der Waals surface area contributed by atoms with E-state index in [2.05, 4.69) is 62.5 Å². The van der Waals surface area contributed by atoms with Crippen LogP contribution in [-0.2, 0) is 23.2 Å². The number of carbonyl (C=O) groups is 2. The number of carbonyl (C=O) groups excluding carboxylic acids is 2. The molecule has 0 aliphatic rings. The van der Waals surface area contributed by atoms with Crippen molar-refractivity contribution in [3.8, 4) is 0 Å². The van der Waals surface area contributed by atoms with E-state index in [4.69, 9.17) is 0 Å². The van der Waals surface area contributed by atoms with Crippen molar-refractivity contribution in [3.05, 3.63) is 18.7 Å². The molecule has 186 valence electrons. The Balaban J connectivity index is 0.000000792. The summed E-state index contributed by atoms with van der Waals surface area (Å²) >= 11 is 0. The quantitative estimate of drug-likeness (QED) is 0.298. The lowest BCUT2D eigenvalue weighted by Gasteiger charge is -2.31. The van der Waals surface area contributed by atoms with Gasteiger partial charge in [-0.05, 0) is 31.1 Å². The summed E-state index contributed by atoms with van der Waals surface area (Å²) in [5.74, 6) is -1.65. The molecule has 1 rings (SSSR count). The van der Waals surface area contributed by atoms with Crippen molar-refractivity contribution in [2.24, 2.45) is 18.9 Å². The highest BCUT2D eigenvalue weighted by Gasteiger charge is 2.21. The summed E-state index contributed by atoms with van der Waals surface area (Å²) in [5.41, 5.74) is 0. The molecule has 0 aliphatic heterocycles. The van der Waals surface area contributed by atoms with E-state index < -0.39 is 11.9 Å². The van der Waals surface area contributed by atoms with Gasteiger partial charge in [-0.15, -0.1) is 0 Å². The highest BCUT2D eigenvalue weighted by Crippen LogP contribution is 2.19. The second kappa shape index (κ2) is 18.7. The van der Waals surface area contributed by atoms with E-state index >= 15 is 0 Å². The molecule has 0 fully saturated rings. The lowest BCUT2D eigenvalue weighted by Crippen LogP contribution is -2.47. The van der Waals surface area contributed by atoms with Gasteiger partial charge in [0.05, 0.1) is 13.6 Å². The Morgan fingerprint density at radius 2 is 1.41 bits per heavy atom. The molecule has 0 bridgehead atoms.